The molecule has 0 spiro atoms. The van der Waals surface area contributed by atoms with Crippen LogP contribution in [-0.4, -0.2) is 49.3 Å². The molecule has 1 saturated heterocycles. The van der Waals surface area contributed by atoms with Crippen LogP contribution in [0.4, 0.5) is 0 Å². The van der Waals surface area contributed by atoms with Crippen molar-refractivity contribution in [1.29, 1.82) is 0 Å². The van der Waals surface area contributed by atoms with E-state index in [4.69, 9.17) is 9.47 Å². The van der Waals surface area contributed by atoms with Gasteiger partial charge >= 0.3 is 5.97 Å². The van der Waals surface area contributed by atoms with Crippen molar-refractivity contribution in [1.82, 2.24) is 4.90 Å². The molecule has 0 amide bonds. The number of rotatable bonds is 4. The smallest absolute Gasteiger partial charge is 0.307 e. The average Bonchev–Trinajstić information content (AvgIpc) is 2.14. The molecule has 1 fully saturated rings. The van der Waals surface area contributed by atoms with Gasteiger partial charge in [-0.3, -0.25) is 9.69 Å². The molecule has 0 N–H and O–H groups in total. The van der Waals surface area contributed by atoms with Crippen molar-refractivity contribution < 1.29 is 14.3 Å². The SMILES string of the molecule is CCOC(=O)CCN1C[C@@H](C)O[C@@H](C)C1. The van der Waals surface area contributed by atoms with Crippen LogP contribution < -0.4 is 0 Å². The second kappa shape index (κ2) is 6.08. The topological polar surface area (TPSA) is 38.8 Å². The van der Waals surface area contributed by atoms with Crippen LogP contribution in [0.5, 0.6) is 0 Å². The molecule has 1 aliphatic rings. The summed E-state index contributed by atoms with van der Waals surface area (Å²) in [6.45, 7) is 9.01. The number of ether oxygens (including phenoxy) is 2. The Morgan fingerprint density at radius 3 is 2.53 bits per heavy atom. The molecule has 1 aliphatic heterocycles. The minimum Gasteiger partial charge on any atom is -0.466 e. The van der Waals surface area contributed by atoms with Crippen molar-refractivity contribution in [2.75, 3.05) is 26.2 Å². The molecule has 4 heteroatoms. The summed E-state index contributed by atoms with van der Waals surface area (Å²) in [5.41, 5.74) is 0. The third-order valence-corrected chi connectivity index (χ3v) is 2.43. The fourth-order valence-electron chi connectivity index (χ4n) is 1.95. The molecule has 1 heterocycles. The summed E-state index contributed by atoms with van der Waals surface area (Å²) >= 11 is 0. The number of carbonyl (C=O) groups is 1. The lowest BCUT2D eigenvalue weighted by molar-refractivity contribution is -0.144. The van der Waals surface area contributed by atoms with Gasteiger partial charge in [-0.05, 0) is 20.8 Å². The van der Waals surface area contributed by atoms with E-state index >= 15 is 0 Å². The molecule has 0 bridgehead atoms. The molecule has 0 aliphatic carbocycles. The first-order valence-corrected chi connectivity index (χ1v) is 5.65. The maximum Gasteiger partial charge on any atom is 0.307 e. The molecule has 0 aromatic heterocycles. The van der Waals surface area contributed by atoms with Gasteiger partial charge in [0.15, 0.2) is 0 Å². The van der Waals surface area contributed by atoms with Crippen molar-refractivity contribution in [2.24, 2.45) is 0 Å². The molecule has 0 unspecified atom stereocenters. The molecular weight excluding hydrogens is 194 g/mol. The van der Waals surface area contributed by atoms with E-state index in [9.17, 15) is 4.79 Å². The van der Waals surface area contributed by atoms with E-state index in [1.807, 2.05) is 6.92 Å². The molecule has 2 atom stereocenters. The van der Waals surface area contributed by atoms with Crippen molar-refractivity contribution >= 4 is 5.97 Å². The quantitative estimate of drug-likeness (QED) is 0.657. The summed E-state index contributed by atoms with van der Waals surface area (Å²) in [5, 5.41) is 0. The molecule has 88 valence electrons. The third-order valence-electron chi connectivity index (χ3n) is 2.43. The monoisotopic (exact) mass is 215 g/mol. The van der Waals surface area contributed by atoms with Gasteiger partial charge in [-0.25, -0.2) is 0 Å². The van der Waals surface area contributed by atoms with Gasteiger partial charge in [-0.2, -0.15) is 0 Å². The summed E-state index contributed by atoms with van der Waals surface area (Å²) < 4.78 is 10.5. The Labute approximate surface area is 91.5 Å². The number of esters is 1. The zero-order valence-corrected chi connectivity index (χ0v) is 9.86. The van der Waals surface area contributed by atoms with Crippen molar-refractivity contribution in [3.05, 3.63) is 0 Å². The average molecular weight is 215 g/mol. The van der Waals surface area contributed by atoms with Gasteiger partial charge in [0.05, 0.1) is 25.2 Å². The van der Waals surface area contributed by atoms with E-state index in [1.54, 1.807) is 0 Å². The Kier molecular flexibility index (Phi) is 5.05. The highest BCUT2D eigenvalue weighted by Crippen LogP contribution is 2.10. The van der Waals surface area contributed by atoms with E-state index in [-0.39, 0.29) is 18.2 Å². The Bertz CT molecular complexity index is 198. The first-order valence-electron chi connectivity index (χ1n) is 5.65. The lowest BCUT2D eigenvalue weighted by Crippen LogP contribution is -2.46. The number of hydrogen-bond donors (Lipinski definition) is 0. The fourth-order valence-corrected chi connectivity index (χ4v) is 1.95. The standard InChI is InChI=1S/C11H21NO3/c1-4-14-11(13)5-6-12-7-9(2)15-10(3)8-12/h9-10H,4-8H2,1-3H3/t9-,10+. The van der Waals surface area contributed by atoms with Gasteiger partial charge in [0.1, 0.15) is 0 Å². The number of nitrogens with zero attached hydrogens (tertiary/aromatic N) is 1. The minimum absolute atomic E-state index is 0.107. The maximum atomic E-state index is 11.2. The molecular formula is C11H21NO3. The van der Waals surface area contributed by atoms with Gasteiger partial charge in [-0.1, -0.05) is 0 Å². The number of morpholine rings is 1. The van der Waals surface area contributed by atoms with Crippen LogP contribution in [0.3, 0.4) is 0 Å². The Hall–Kier alpha value is -0.610. The lowest BCUT2D eigenvalue weighted by atomic mass is 10.2. The normalized spacial score (nSPS) is 27.7. The molecule has 15 heavy (non-hydrogen) atoms. The van der Waals surface area contributed by atoms with Gasteiger partial charge in [0.2, 0.25) is 0 Å². The highest BCUT2D eigenvalue weighted by molar-refractivity contribution is 5.69. The van der Waals surface area contributed by atoms with Crippen LogP contribution >= 0.6 is 0 Å². The van der Waals surface area contributed by atoms with Gasteiger partial charge in [0, 0.05) is 19.6 Å². The van der Waals surface area contributed by atoms with Crippen LogP contribution in [0.25, 0.3) is 0 Å². The Balaban J connectivity index is 2.23. The maximum absolute atomic E-state index is 11.2. The molecule has 4 nitrogen and oxygen atoms in total. The fraction of sp³-hybridized carbons (Fsp3) is 0.909. The van der Waals surface area contributed by atoms with E-state index in [0.29, 0.717) is 13.0 Å². The van der Waals surface area contributed by atoms with E-state index in [0.717, 1.165) is 19.6 Å². The number of carbonyl (C=O) groups excluding carboxylic acids is 1. The van der Waals surface area contributed by atoms with E-state index in [1.165, 1.54) is 0 Å². The predicted molar refractivity (Wildman–Crippen MR) is 57.7 cm³/mol. The second-order valence-corrected chi connectivity index (χ2v) is 4.07. The summed E-state index contributed by atoms with van der Waals surface area (Å²) in [6, 6.07) is 0. The van der Waals surface area contributed by atoms with Gasteiger partial charge in [-0.15, -0.1) is 0 Å². The third kappa shape index (κ3) is 4.62. The molecule has 0 aromatic carbocycles. The first-order chi connectivity index (χ1) is 7.11. The van der Waals surface area contributed by atoms with Gasteiger partial charge < -0.3 is 9.47 Å². The molecule has 0 aromatic rings. The van der Waals surface area contributed by atoms with Crippen LogP contribution in [0.15, 0.2) is 0 Å². The van der Waals surface area contributed by atoms with E-state index in [2.05, 4.69) is 18.7 Å². The zero-order valence-electron chi connectivity index (χ0n) is 9.86. The van der Waals surface area contributed by atoms with Crippen LogP contribution in [-0.2, 0) is 14.3 Å². The Morgan fingerprint density at radius 2 is 2.00 bits per heavy atom. The number of hydrogen-bond acceptors (Lipinski definition) is 4. The highest BCUT2D eigenvalue weighted by atomic mass is 16.5. The Morgan fingerprint density at radius 1 is 1.40 bits per heavy atom. The summed E-state index contributed by atoms with van der Waals surface area (Å²) in [6.07, 6.45) is 1.000. The van der Waals surface area contributed by atoms with Crippen molar-refractivity contribution in [3.8, 4) is 0 Å². The second-order valence-electron chi connectivity index (χ2n) is 4.07. The minimum atomic E-state index is -0.107. The predicted octanol–water partition coefficient (Wildman–Crippen LogP) is 1.05. The van der Waals surface area contributed by atoms with Crippen molar-refractivity contribution in [3.63, 3.8) is 0 Å². The van der Waals surface area contributed by atoms with Crippen molar-refractivity contribution in [2.45, 2.75) is 39.4 Å². The zero-order chi connectivity index (χ0) is 11.3. The lowest BCUT2D eigenvalue weighted by Gasteiger charge is -2.35. The molecule has 1 rings (SSSR count). The first kappa shape index (κ1) is 12.5. The van der Waals surface area contributed by atoms with Crippen LogP contribution in [0.1, 0.15) is 27.2 Å². The van der Waals surface area contributed by atoms with Crippen LogP contribution in [0, 0.1) is 0 Å². The highest BCUT2D eigenvalue weighted by Gasteiger charge is 2.22. The molecule has 0 radical (unpaired) electrons. The summed E-state index contributed by atoms with van der Waals surface area (Å²) in [7, 11) is 0. The summed E-state index contributed by atoms with van der Waals surface area (Å²) in [5.74, 6) is -0.107. The van der Waals surface area contributed by atoms with E-state index < -0.39 is 0 Å². The largest absolute Gasteiger partial charge is 0.466 e. The van der Waals surface area contributed by atoms with Gasteiger partial charge in [0.25, 0.3) is 0 Å². The van der Waals surface area contributed by atoms with Crippen LogP contribution in [0.2, 0.25) is 0 Å². The molecule has 0 saturated carbocycles. The summed E-state index contributed by atoms with van der Waals surface area (Å²) in [4.78, 5) is 13.4.